The highest BCUT2D eigenvalue weighted by molar-refractivity contribution is 7.89. The largest absolute Gasteiger partial charge is 0.508 e. The van der Waals surface area contributed by atoms with Crippen LogP contribution in [0.2, 0.25) is 0 Å². The van der Waals surface area contributed by atoms with E-state index in [0.717, 1.165) is 0 Å². The number of phenols is 1. The van der Waals surface area contributed by atoms with Gasteiger partial charge in [0.15, 0.2) is 0 Å². The van der Waals surface area contributed by atoms with Crippen molar-refractivity contribution in [2.45, 2.75) is 42.5 Å². The Hall–Kier alpha value is -3.24. The number of carbonyl (C=O) groups excluding carboxylic acids is 2. The molecule has 10 heteroatoms. The molecule has 4 N–H and O–H groups in total. The summed E-state index contributed by atoms with van der Waals surface area (Å²) in [4.78, 5) is 34.7. The molecular formula is C22H26N2O7S. The van der Waals surface area contributed by atoms with E-state index >= 15 is 0 Å². The van der Waals surface area contributed by atoms with Gasteiger partial charge in [-0.1, -0.05) is 36.8 Å². The fraction of sp³-hybridized carbons (Fsp3) is 0.318. The summed E-state index contributed by atoms with van der Waals surface area (Å²) in [6.07, 6.45) is 1.42. The fourth-order valence-electron chi connectivity index (χ4n) is 3.11. The van der Waals surface area contributed by atoms with Crippen molar-refractivity contribution in [2.75, 3.05) is 6.54 Å². The lowest BCUT2D eigenvalue weighted by Crippen LogP contribution is -2.43. The molecule has 0 fully saturated rings. The number of rotatable bonds is 13. The molecule has 172 valence electrons. The Balaban J connectivity index is 1.95. The maximum absolute atomic E-state index is 12.7. The third-order valence-electron chi connectivity index (χ3n) is 4.82. The summed E-state index contributed by atoms with van der Waals surface area (Å²) in [5, 5.41) is 20.9. The predicted octanol–water partition coefficient (Wildman–Crippen LogP) is 1.78. The van der Waals surface area contributed by atoms with E-state index in [1.165, 1.54) is 24.3 Å². The molecule has 2 aromatic carbocycles. The average Bonchev–Trinajstić information content (AvgIpc) is 2.76. The molecular weight excluding hydrogens is 436 g/mol. The highest BCUT2D eigenvalue weighted by atomic mass is 32.2. The molecule has 9 nitrogen and oxygen atoms in total. The fourth-order valence-corrected chi connectivity index (χ4v) is 4.19. The maximum atomic E-state index is 12.7. The van der Waals surface area contributed by atoms with E-state index in [2.05, 4.69) is 10.0 Å². The number of aldehydes is 1. The molecule has 0 saturated carbocycles. The number of carboxylic acids is 1. The van der Waals surface area contributed by atoms with Crippen LogP contribution in [-0.4, -0.2) is 49.4 Å². The summed E-state index contributed by atoms with van der Waals surface area (Å²) in [5.74, 6) is -2.47. The summed E-state index contributed by atoms with van der Waals surface area (Å²) >= 11 is 0. The average molecular weight is 463 g/mol. The molecule has 2 rings (SSSR count). The number of carbonyl (C=O) groups is 3. The highest BCUT2D eigenvalue weighted by Crippen LogP contribution is 2.23. The van der Waals surface area contributed by atoms with Gasteiger partial charge in [-0.05, 0) is 42.7 Å². The molecule has 0 spiro atoms. The number of amides is 1. The van der Waals surface area contributed by atoms with Crippen molar-refractivity contribution < 1.29 is 33.0 Å². The predicted molar refractivity (Wildman–Crippen MR) is 117 cm³/mol. The van der Waals surface area contributed by atoms with Gasteiger partial charge < -0.3 is 20.3 Å². The van der Waals surface area contributed by atoms with Crippen LogP contribution >= 0.6 is 0 Å². The van der Waals surface area contributed by atoms with Crippen molar-refractivity contribution >= 4 is 28.2 Å². The first-order valence-electron chi connectivity index (χ1n) is 10.0. The first-order valence-corrected chi connectivity index (χ1v) is 11.5. The van der Waals surface area contributed by atoms with Gasteiger partial charge in [0.05, 0.1) is 10.8 Å². The van der Waals surface area contributed by atoms with Gasteiger partial charge in [0, 0.05) is 13.0 Å². The van der Waals surface area contributed by atoms with Gasteiger partial charge in [-0.25, -0.2) is 17.9 Å². The molecule has 0 radical (unpaired) electrons. The lowest BCUT2D eigenvalue weighted by molar-refractivity contribution is -0.142. The van der Waals surface area contributed by atoms with Crippen LogP contribution in [0.3, 0.4) is 0 Å². The van der Waals surface area contributed by atoms with Gasteiger partial charge in [-0.3, -0.25) is 4.79 Å². The lowest BCUT2D eigenvalue weighted by atomic mass is 9.92. The molecule has 0 aromatic heterocycles. The number of aliphatic carboxylic acids is 1. The van der Waals surface area contributed by atoms with Crippen LogP contribution in [0.4, 0.5) is 0 Å². The number of unbranched alkanes of at least 4 members (excludes halogenated alkanes) is 1. The molecule has 0 heterocycles. The van der Waals surface area contributed by atoms with Crippen LogP contribution in [0.5, 0.6) is 5.75 Å². The number of hydrogen-bond donors (Lipinski definition) is 4. The summed E-state index contributed by atoms with van der Waals surface area (Å²) in [6, 6.07) is 12.7. The number of carboxylic acid groups (broad SMARTS) is 1. The molecule has 0 bridgehead atoms. The van der Waals surface area contributed by atoms with Gasteiger partial charge in [-0.15, -0.1) is 0 Å². The number of benzene rings is 2. The quantitative estimate of drug-likeness (QED) is 0.262. The minimum atomic E-state index is -3.72. The van der Waals surface area contributed by atoms with E-state index in [1.807, 2.05) is 0 Å². The van der Waals surface area contributed by atoms with E-state index < -0.39 is 33.9 Å². The van der Waals surface area contributed by atoms with Crippen LogP contribution in [0, 0.1) is 0 Å². The second kappa shape index (κ2) is 12.0. The molecule has 0 aliphatic heterocycles. The third-order valence-corrected chi connectivity index (χ3v) is 6.30. The van der Waals surface area contributed by atoms with Crippen molar-refractivity contribution in [1.29, 1.82) is 0 Å². The Morgan fingerprint density at radius 3 is 2.25 bits per heavy atom. The standard InChI is InChI=1S/C22H26N2O7S/c25-15-13-20(22(28)29)24-21(27)19(16-6-2-1-3-7-16)8-4-5-14-23-32(30,31)18-11-9-17(26)10-12-18/h1-3,6-7,9-12,15,19-20,23,26H,4-5,8,13-14H2,(H,24,27)(H,28,29)/t19?,20-/m0/s1. The minimum Gasteiger partial charge on any atom is -0.508 e. The summed E-state index contributed by atoms with van der Waals surface area (Å²) in [6.45, 7) is 0.148. The van der Waals surface area contributed by atoms with E-state index in [4.69, 9.17) is 0 Å². The molecule has 0 aliphatic rings. The van der Waals surface area contributed by atoms with E-state index in [-0.39, 0.29) is 23.6 Å². The zero-order valence-electron chi connectivity index (χ0n) is 17.3. The monoisotopic (exact) mass is 462 g/mol. The lowest BCUT2D eigenvalue weighted by Gasteiger charge is -2.20. The zero-order chi connectivity index (χ0) is 23.6. The zero-order valence-corrected chi connectivity index (χ0v) is 18.1. The van der Waals surface area contributed by atoms with Crippen molar-refractivity contribution in [1.82, 2.24) is 10.0 Å². The van der Waals surface area contributed by atoms with Crippen LogP contribution < -0.4 is 10.0 Å². The Morgan fingerprint density at radius 1 is 1.00 bits per heavy atom. The third kappa shape index (κ3) is 7.47. The van der Waals surface area contributed by atoms with E-state index in [9.17, 15) is 33.0 Å². The van der Waals surface area contributed by atoms with Crippen LogP contribution in [0.25, 0.3) is 0 Å². The number of nitrogens with one attached hydrogen (secondary N) is 2. The Labute approximate surface area is 186 Å². The Bertz CT molecular complexity index is 1010. The first-order chi connectivity index (χ1) is 15.2. The van der Waals surface area contributed by atoms with Gasteiger partial charge in [-0.2, -0.15) is 0 Å². The molecule has 0 saturated heterocycles. The van der Waals surface area contributed by atoms with Crippen LogP contribution in [0.1, 0.15) is 37.2 Å². The van der Waals surface area contributed by atoms with Crippen molar-refractivity contribution in [3.63, 3.8) is 0 Å². The summed E-state index contributed by atoms with van der Waals surface area (Å²) < 4.78 is 27.0. The molecule has 2 atom stereocenters. The smallest absolute Gasteiger partial charge is 0.326 e. The van der Waals surface area contributed by atoms with E-state index in [1.54, 1.807) is 30.3 Å². The van der Waals surface area contributed by atoms with Crippen LogP contribution in [0.15, 0.2) is 59.5 Å². The van der Waals surface area contributed by atoms with Gasteiger partial charge in [0.1, 0.15) is 18.1 Å². The minimum absolute atomic E-state index is 0.0340. The van der Waals surface area contributed by atoms with Gasteiger partial charge in [0.2, 0.25) is 15.9 Å². The second-order valence-electron chi connectivity index (χ2n) is 7.15. The number of phenolic OH excluding ortho intramolecular Hbond substituents is 1. The van der Waals surface area contributed by atoms with Crippen molar-refractivity contribution in [3.8, 4) is 5.75 Å². The number of aromatic hydroxyl groups is 1. The van der Waals surface area contributed by atoms with Crippen LogP contribution in [-0.2, 0) is 24.4 Å². The Kier molecular flexibility index (Phi) is 9.36. The van der Waals surface area contributed by atoms with Gasteiger partial charge >= 0.3 is 5.97 Å². The number of sulfonamides is 1. The summed E-state index contributed by atoms with van der Waals surface area (Å²) in [5.41, 5.74) is 0.699. The van der Waals surface area contributed by atoms with E-state index in [0.29, 0.717) is 31.1 Å². The topological polar surface area (TPSA) is 150 Å². The van der Waals surface area contributed by atoms with Crippen molar-refractivity contribution in [2.24, 2.45) is 0 Å². The summed E-state index contributed by atoms with van der Waals surface area (Å²) in [7, 11) is -3.72. The Morgan fingerprint density at radius 2 is 1.66 bits per heavy atom. The number of hydrogen-bond acceptors (Lipinski definition) is 6. The normalized spacial score (nSPS) is 13.1. The van der Waals surface area contributed by atoms with Crippen molar-refractivity contribution in [3.05, 3.63) is 60.2 Å². The first kappa shape index (κ1) is 25.0. The molecule has 2 aromatic rings. The molecule has 32 heavy (non-hydrogen) atoms. The molecule has 0 aliphatic carbocycles. The maximum Gasteiger partial charge on any atom is 0.326 e. The highest BCUT2D eigenvalue weighted by Gasteiger charge is 2.26. The van der Waals surface area contributed by atoms with Gasteiger partial charge in [0.25, 0.3) is 0 Å². The second-order valence-corrected chi connectivity index (χ2v) is 8.92. The molecule has 1 unspecified atom stereocenters. The molecule has 1 amide bonds. The SMILES string of the molecule is O=CC[C@H](NC(=O)C(CCCCNS(=O)(=O)c1ccc(O)cc1)c1ccccc1)C(=O)O.